The van der Waals surface area contributed by atoms with Crippen molar-refractivity contribution in [1.29, 1.82) is 0 Å². The molecule has 1 saturated heterocycles. The molecule has 0 saturated carbocycles. The van der Waals surface area contributed by atoms with Crippen LogP contribution >= 0.6 is 0 Å². The van der Waals surface area contributed by atoms with E-state index in [1.165, 1.54) is 19.5 Å². The number of ketones is 2. The highest BCUT2D eigenvalue weighted by Crippen LogP contribution is 2.35. The van der Waals surface area contributed by atoms with Crippen molar-refractivity contribution in [3.8, 4) is 11.5 Å². The van der Waals surface area contributed by atoms with Crippen molar-refractivity contribution in [2.75, 3.05) is 53.6 Å². The normalized spacial score (nSPS) is 18.9. The molecule has 0 bridgehead atoms. The van der Waals surface area contributed by atoms with Gasteiger partial charge in [0.1, 0.15) is 12.9 Å². The van der Waals surface area contributed by atoms with E-state index < -0.39 is 0 Å². The van der Waals surface area contributed by atoms with Crippen molar-refractivity contribution in [1.82, 2.24) is 19.8 Å². The predicted octanol–water partition coefficient (Wildman–Crippen LogP) is 2.74. The molecule has 4 rings (SSSR count). The predicted molar refractivity (Wildman–Crippen MR) is 145 cm³/mol. The van der Waals surface area contributed by atoms with Gasteiger partial charge in [-0.3, -0.25) is 14.4 Å². The maximum Gasteiger partial charge on any atom is 0.227 e. The lowest BCUT2D eigenvalue weighted by molar-refractivity contribution is -0.137. The van der Waals surface area contributed by atoms with Crippen molar-refractivity contribution in [2.45, 2.75) is 33.1 Å². The van der Waals surface area contributed by atoms with Crippen molar-refractivity contribution in [2.24, 2.45) is 10.9 Å². The number of amides is 1. The van der Waals surface area contributed by atoms with Gasteiger partial charge in [0.25, 0.3) is 0 Å². The fourth-order valence-electron chi connectivity index (χ4n) is 4.95. The number of aliphatic imine (C=N–C) groups is 1. The second-order valence-corrected chi connectivity index (χ2v) is 9.41. The number of hydrogen-bond acceptors (Lipinski definition) is 10. The number of methoxy groups -OCH3 is 2. The van der Waals surface area contributed by atoms with Crippen LogP contribution in [0, 0.1) is 5.92 Å². The Bertz CT molecular complexity index is 1300. The number of carbonyl (C=O) groups excluding carboxylic acids is 3. The Balaban J connectivity index is 1.58. The molecule has 0 radical (unpaired) electrons. The number of ether oxygens (including phenoxy) is 3. The van der Waals surface area contributed by atoms with Gasteiger partial charge >= 0.3 is 0 Å². The maximum atomic E-state index is 13.2. The standard InChI is InChI=1S/C28H35N5O6/c1-5-32(6-2)28(36)18-8-7-9-33(16-18)22-15-23(34)21(13-24(22)35)31-27-19-12-25(38-4)26(39-11-10-37-3)14-20(19)29-17-30-27/h12,14-15,17-18H,5-11,13,16H2,1-4H3. The average Bonchev–Trinajstić information content (AvgIpc) is 2.95. The van der Waals surface area contributed by atoms with E-state index >= 15 is 0 Å². The number of nitrogens with zero attached hydrogens (tertiary/aromatic N) is 5. The fourth-order valence-corrected chi connectivity index (χ4v) is 4.95. The Hall–Kier alpha value is -3.86. The number of likely N-dealkylation sites (tertiary alicyclic amines) is 1. The van der Waals surface area contributed by atoms with Crippen LogP contribution in [-0.2, 0) is 19.1 Å². The minimum absolute atomic E-state index is 0.0976. The molecule has 2 aliphatic rings. The molecule has 1 atom stereocenters. The van der Waals surface area contributed by atoms with Crippen LogP contribution < -0.4 is 9.47 Å². The van der Waals surface area contributed by atoms with Crippen LogP contribution in [0.15, 0.2) is 35.2 Å². The van der Waals surface area contributed by atoms with Crippen LogP contribution in [-0.4, -0.2) is 96.6 Å². The lowest BCUT2D eigenvalue weighted by atomic mass is 9.92. The SMILES string of the molecule is CCN(CC)C(=O)C1CCCN(C2=CC(=O)C(=Nc3ncnc4cc(OCCOC)c(OC)cc34)CC2=O)C1. The number of aromatic nitrogens is 2. The van der Waals surface area contributed by atoms with Gasteiger partial charge in [-0.15, -0.1) is 0 Å². The van der Waals surface area contributed by atoms with Crippen LogP contribution in [0.4, 0.5) is 5.82 Å². The summed E-state index contributed by atoms with van der Waals surface area (Å²) in [6.45, 7) is 7.03. The van der Waals surface area contributed by atoms with Gasteiger partial charge in [0.05, 0.1) is 43.0 Å². The summed E-state index contributed by atoms with van der Waals surface area (Å²) in [4.78, 5) is 55.9. The van der Waals surface area contributed by atoms with Crippen molar-refractivity contribution >= 4 is 39.9 Å². The number of allylic oxidation sites excluding steroid dienone is 2. The van der Waals surface area contributed by atoms with Crippen LogP contribution in [0.5, 0.6) is 11.5 Å². The lowest BCUT2D eigenvalue weighted by Crippen LogP contribution is -2.46. The van der Waals surface area contributed by atoms with Gasteiger partial charge in [-0.1, -0.05) is 0 Å². The highest BCUT2D eigenvalue weighted by molar-refractivity contribution is 6.50. The first-order chi connectivity index (χ1) is 18.9. The van der Waals surface area contributed by atoms with Gasteiger partial charge in [-0.25, -0.2) is 15.0 Å². The van der Waals surface area contributed by atoms with Crippen molar-refractivity contribution in [3.05, 3.63) is 30.2 Å². The van der Waals surface area contributed by atoms with Crippen LogP contribution in [0.2, 0.25) is 0 Å². The van der Waals surface area contributed by atoms with Crippen LogP contribution in [0.25, 0.3) is 10.9 Å². The molecule has 208 valence electrons. The third kappa shape index (κ3) is 6.25. The molecule has 1 aromatic carbocycles. The summed E-state index contributed by atoms with van der Waals surface area (Å²) in [6, 6.07) is 3.42. The zero-order valence-corrected chi connectivity index (χ0v) is 22.9. The Morgan fingerprint density at radius 3 is 2.64 bits per heavy atom. The van der Waals surface area contributed by atoms with Crippen LogP contribution in [0.1, 0.15) is 33.1 Å². The number of Topliss-reactive ketones (excluding diaryl/α,β-unsaturated/α-hetero) is 1. The van der Waals surface area contributed by atoms with E-state index in [0.29, 0.717) is 67.5 Å². The second kappa shape index (κ2) is 12.8. The molecule has 2 heterocycles. The van der Waals surface area contributed by atoms with E-state index in [-0.39, 0.29) is 41.3 Å². The van der Waals surface area contributed by atoms with Gasteiger partial charge < -0.3 is 24.0 Å². The number of fused-ring (bicyclic) bond motifs is 1. The highest BCUT2D eigenvalue weighted by atomic mass is 16.5. The molecule has 0 N–H and O–H groups in total. The molecule has 1 aliphatic carbocycles. The molecule has 2 aromatic rings. The topological polar surface area (TPSA) is 124 Å². The molecule has 0 spiro atoms. The third-order valence-electron chi connectivity index (χ3n) is 7.04. The smallest absolute Gasteiger partial charge is 0.227 e. The average molecular weight is 538 g/mol. The minimum atomic E-state index is -0.347. The summed E-state index contributed by atoms with van der Waals surface area (Å²) in [5.74, 6) is 0.576. The quantitative estimate of drug-likeness (QED) is 0.421. The second-order valence-electron chi connectivity index (χ2n) is 9.41. The maximum absolute atomic E-state index is 13.2. The summed E-state index contributed by atoms with van der Waals surface area (Å²) < 4.78 is 16.2. The Morgan fingerprint density at radius 2 is 1.92 bits per heavy atom. The summed E-state index contributed by atoms with van der Waals surface area (Å²) in [6.07, 6.45) is 4.11. The Morgan fingerprint density at radius 1 is 1.13 bits per heavy atom. The van der Waals surface area contributed by atoms with E-state index in [1.54, 1.807) is 19.2 Å². The van der Waals surface area contributed by atoms with Gasteiger partial charge in [-0.05, 0) is 32.8 Å². The van der Waals surface area contributed by atoms with Crippen molar-refractivity contribution in [3.63, 3.8) is 0 Å². The van der Waals surface area contributed by atoms with Gasteiger partial charge in [-0.2, -0.15) is 0 Å². The first-order valence-electron chi connectivity index (χ1n) is 13.2. The minimum Gasteiger partial charge on any atom is -0.493 e. The summed E-state index contributed by atoms with van der Waals surface area (Å²) in [5, 5.41) is 0.560. The Kier molecular flexibility index (Phi) is 9.23. The van der Waals surface area contributed by atoms with Crippen molar-refractivity contribution < 1.29 is 28.6 Å². The van der Waals surface area contributed by atoms with E-state index in [1.807, 2.05) is 23.6 Å². The third-order valence-corrected chi connectivity index (χ3v) is 7.04. The lowest BCUT2D eigenvalue weighted by Gasteiger charge is -2.37. The molecule has 1 aromatic heterocycles. The zero-order chi connectivity index (χ0) is 27.9. The number of benzene rings is 1. The molecular weight excluding hydrogens is 502 g/mol. The Labute approximate surface area is 227 Å². The molecular formula is C28H35N5O6. The van der Waals surface area contributed by atoms with Gasteiger partial charge in [0.2, 0.25) is 11.7 Å². The number of rotatable bonds is 10. The molecule has 11 nitrogen and oxygen atoms in total. The monoisotopic (exact) mass is 537 g/mol. The molecule has 39 heavy (non-hydrogen) atoms. The zero-order valence-electron chi connectivity index (χ0n) is 22.9. The number of piperidine rings is 1. The van der Waals surface area contributed by atoms with E-state index in [4.69, 9.17) is 14.2 Å². The molecule has 1 aliphatic heterocycles. The van der Waals surface area contributed by atoms with Gasteiger partial charge in [0, 0.05) is 50.8 Å². The van der Waals surface area contributed by atoms with E-state index in [9.17, 15) is 14.4 Å². The summed E-state index contributed by atoms with van der Waals surface area (Å²) in [7, 11) is 3.11. The van der Waals surface area contributed by atoms with E-state index in [0.717, 1.165) is 12.8 Å². The fraction of sp³-hybridized carbons (Fsp3) is 0.500. The molecule has 1 amide bonds. The first kappa shape index (κ1) is 28.2. The summed E-state index contributed by atoms with van der Waals surface area (Å²) in [5.41, 5.74) is 1.01. The van der Waals surface area contributed by atoms with Crippen LogP contribution in [0.3, 0.4) is 0 Å². The number of hydrogen-bond donors (Lipinski definition) is 0. The molecule has 11 heteroatoms. The van der Waals surface area contributed by atoms with Gasteiger partial charge in [0.15, 0.2) is 23.1 Å². The summed E-state index contributed by atoms with van der Waals surface area (Å²) >= 11 is 0. The first-order valence-corrected chi connectivity index (χ1v) is 13.2. The highest BCUT2D eigenvalue weighted by Gasteiger charge is 2.34. The number of carbonyl (C=O) groups is 3. The molecule has 1 fully saturated rings. The molecule has 1 unspecified atom stereocenters. The van der Waals surface area contributed by atoms with E-state index in [2.05, 4.69) is 15.0 Å². The largest absolute Gasteiger partial charge is 0.493 e.